The van der Waals surface area contributed by atoms with Gasteiger partial charge in [-0.15, -0.1) is 0 Å². The van der Waals surface area contributed by atoms with Gasteiger partial charge in [-0.2, -0.15) is 0 Å². The summed E-state index contributed by atoms with van der Waals surface area (Å²) in [6.07, 6.45) is 0. The van der Waals surface area contributed by atoms with Gasteiger partial charge in [-0.25, -0.2) is 0 Å². The van der Waals surface area contributed by atoms with Crippen LogP contribution >= 0.6 is 0 Å². The number of hydrogen-bond donors (Lipinski definition) is 1. The fraction of sp³-hybridized carbons (Fsp3) is 0.750. The van der Waals surface area contributed by atoms with Gasteiger partial charge in [0.2, 0.25) is 0 Å². The summed E-state index contributed by atoms with van der Waals surface area (Å²) in [6.45, 7) is 15.9. The average Bonchev–Trinajstić information content (AvgIpc) is 2.84. The summed E-state index contributed by atoms with van der Waals surface area (Å²) >= 11 is 0. The van der Waals surface area contributed by atoms with Crippen molar-refractivity contribution in [1.82, 2.24) is 0 Å². The molecule has 0 aliphatic heterocycles. The maximum absolute atomic E-state index is 7.75. The number of aliphatic hydroxyl groups excluding tert-OH is 1. The van der Waals surface area contributed by atoms with Crippen molar-refractivity contribution in [3.63, 3.8) is 0 Å². The minimum atomic E-state index is 0. The van der Waals surface area contributed by atoms with Gasteiger partial charge in [0.25, 0.3) is 0 Å². The van der Waals surface area contributed by atoms with Crippen molar-refractivity contribution in [3.8, 4) is 0 Å². The number of hydrogen-bond acceptors (Lipinski definition) is 3. The van der Waals surface area contributed by atoms with Gasteiger partial charge in [0.15, 0.2) is 0 Å². The van der Waals surface area contributed by atoms with Crippen molar-refractivity contribution in [1.29, 1.82) is 0 Å². The summed E-state index contributed by atoms with van der Waals surface area (Å²) in [5.74, 6) is 3.97. The van der Waals surface area contributed by atoms with Gasteiger partial charge in [0.1, 0.15) is 0 Å². The minimum absolute atomic E-state index is 0. The number of aliphatic hydroxyl groups is 1. The first-order chi connectivity index (χ1) is 6.64. The third-order valence-corrected chi connectivity index (χ3v) is 2.67. The van der Waals surface area contributed by atoms with Gasteiger partial charge in [-0.05, 0) is 23.7 Å². The molecule has 1 N–H and O–H groups in total. The molecule has 0 radical (unpaired) electrons. The van der Waals surface area contributed by atoms with E-state index in [0.29, 0.717) is 0 Å². The zero-order chi connectivity index (χ0) is 12.3. The molecule has 1 rings (SSSR count). The maximum Gasteiger partial charge on any atom is 3.00 e. The van der Waals surface area contributed by atoms with Crippen LogP contribution < -0.4 is 0 Å². The second-order valence-electron chi connectivity index (χ2n) is 3.54. The first kappa shape index (κ1) is 29.7. The predicted molar refractivity (Wildman–Crippen MR) is 64.7 cm³/mol. The molecule has 0 aromatic carbocycles. The molecule has 4 heteroatoms. The van der Waals surface area contributed by atoms with E-state index < -0.39 is 0 Å². The first-order valence-electron chi connectivity index (χ1n) is 4.56. The van der Waals surface area contributed by atoms with Crippen LogP contribution in [-0.2, 0) is 29.7 Å². The maximum atomic E-state index is 7.75. The SMILES string of the molecule is CC(C)C1C(C)C1C.CO.[CH-]=O.[CH-]=O.[CH3-].[Ir+3]. The van der Waals surface area contributed by atoms with Crippen LogP contribution in [0.15, 0.2) is 0 Å². The summed E-state index contributed by atoms with van der Waals surface area (Å²) in [5.41, 5.74) is 0. The molecule has 0 aromatic heterocycles. The normalized spacial score (nSPS) is 23.6. The van der Waals surface area contributed by atoms with E-state index in [1.54, 1.807) is 0 Å². The Hall–Kier alpha value is -0.0506. The second kappa shape index (κ2) is 20.4. The van der Waals surface area contributed by atoms with E-state index in [2.05, 4.69) is 41.3 Å². The van der Waals surface area contributed by atoms with E-state index in [-0.39, 0.29) is 27.5 Å². The molecule has 1 aliphatic carbocycles. The van der Waals surface area contributed by atoms with Crippen molar-refractivity contribution in [2.75, 3.05) is 7.11 Å². The molecule has 0 amide bonds. The Bertz CT molecular complexity index is 104. The Morgan fingerprint density at radius 3 is 1.12 bits per heavy atom. The molecular weight excluding hydrogens is 384 g/mol. The van der Waals surface area contributed by atoms with Crippen molar-refractivity contribution in [2.45, 2.75) is 27.7 Å². The molecule has 1 saturated carbocycles. The van der Waals surface area contributed by atoms with E-state index in [1.807, 2.05) is 0 Å². The zero-order valence-corrected chi connectivity index (χ0v) is 13.5. The Kier molecular flexibility index (Phi) is 37.9. The summed E-state index contributed by atoms with van der Waals surface area (Å²) in [6, 6.07) is 0. The van der Waals surface area contributed by atoms with Crippen molar-refractivity contribution < 1.29 is 34.8 Å². The Morgan fingerprint density at radius 1 is 0.938 bits per heavy atom. The van der Waals surface area contributed by atoms with Crippen LogP contribution in [0, 0.1) is 31.1 Å². The molecule has 0 spiro atoms. The van der Waals surface area contributed by atoms with Crippen LogP contribution in [0.25, 0.3) is 0 Å². The van der Waals surface area contributed by atoms with Gasteiger partial charge in [0.05, 0.1) is 0 Å². The van der Waals surface area contributed by atoms with E-state index in [4.69, 9.17) is 14.7 Å². The third-order valence-electron chi connectivity index (χ3n) is 2.67. The summed E-state index contributed by atoms with van der Waals surface area (Å²) in [5, 5.41) is 7.00. The summed E-state index contributed by atoms with van der Waals surface area (Å²) in [7, 11) is 1.00. The molecule has 0 heterocycles. The predicted octanol–water partition coefficient (Wildman–Crippen LogP) is 2.05. The Labute approximate surface area is 114 Å². The van der Waals surface area contributed by atoms with Gasteiger partial charge >= 0.3 is 20.1 Å². The molecular formula is C12H25IrO3. The van der Waals surface area contributed by atoms with Crippen LogP contribution in [-0.4, -0.2) is 25.8 Å². The second-order valence-corrected chi connectivity index (χ2v) is 3.54. The molecule has 0 aromatic rings. The fourth-order valence-electron chi connectivity index (χ4n) is 1.92. The number of carbonyl (C=O) groups excluding carboxylic acids is 2. The molecule has 1 fully saturated rings. The largest absolute Gasteiger partial charge is 3.00 e. The molecule has 2 atom stereocenters. The molecule has 3 nitrogen and oxygen atoms in total. The Balaban J connectivity index is -0.0000000445. The average molecular weight is 410 g/mol. The van der Waals surface area contributed by atoms with Crippen molar-refractivity contribution in [3.05, 3.63) is 7.43 Å². The van der Waals surface area contributed by atoms with Crippen molar-refractivity contribution >= 4 is 13.6 Å². The standard InChI is InChI=1S/C8H16.CH4O.2CHO.CH3.Ir/c1-5(2)8-6(3)7(8)4;3*1-2;;/h5-8H,1-4H3;2H,1H3;2*1H;1H3;/q;;3*-1;+3. The molecule has 16 heavy (non-hydrogen) atoms. The van der Waals surface area contributed by atoms with E-state index >= 15 is 0 Å². The van der Waals surface area contributed by atoms with Gasteiger partial charge in [0, 0.05) is 7.11 Å². The monoisotopic (exact) mass is 410 g/mol. The molecule has 2 unspecified atom stereocenters. The van der Waals surface area contributed by atoms with Gasteiger partial charge in [-0.3, -0.25) is 13.6 Å². The minimum Gasteiger partial charge on any atom is -0.545 e. The molecule has 1 aliphatic rings. The smallest absolute Gasteiger partial charge is 0.545 e. The third kappa shape index (κ3) is 12.0. The van der Waals surface area contributed by atoms with E-state index in [1.165, 1.54) is 0 Å². The van der Waals surface area contributed by atoms with Crippen LogP contribution in [0.3, 0.4) is 0 Å². The zero-order valence-electron chi connectivity index (χ0n) is 11.1. The number of rotatable bonds is 1. The van der Waals surface area contributed by atoms with Crippen LogP contribution in [0.1, 0.15) is 27.7 Å². The summed E-state index contributed by atoms with van der Waals surface area (Å²) in [4.78, 5) is 15.5. The van der Waals surface area contributed by atoms with Gasteiger partial charge < -0.3 is 22.1 Å². The van der Waals surface area contributed by atoms with Gasteiger partial charge in [-0.1, -0.05) is 27.7 Å². The molecule has 0 bridgehead atoms. The molecule has 100 valence electrons. The summed E-state index contributed by atoms with van der Waals surface area (Å²) < 4.78 is 0. The topological polar surface area (TPSA) is 54.4 Å². The van der Waals surface area contributed by atoms with Crippen LogP contribution in [0.5, 0.6) is 0 Å². The Morgan fingerprint density at radius 2 is 1.12 bits per heavy atom. The van der Waals surface area contributed by atoms with Crippen LogP contribution in [0.4, 0.5) is 0 Å². The van der Waals surface area contributed by atoms with E-state index in [9.17, 15) is 0 Å². The van der Waals surface area contributed by atoms with E-state index in [0.717, 1.165) is 30.8 Å². The van der Waals surface area contributed by atoms with Crippen molar-refractivity contribution in [2.24, 2.45) is 23.7 Å². The fourth-order valence-corrected chi connectivity index (χ4v) is 1.92. The molecule has 0 saturated heterocycles. The van der Waals surface area contributed by atoms with Crippen LogP contribution in [0.2, 0.25) is 0 Å². The quantitative estimate of drug-likeness (QED) is 0.533. The first-order valence-corrected chi connectivity index (χ1v) is 4.56.